The van der Waals surface area contributed by atoms with Gasteiger partial charge in [-0.05, 0) is 44.7 Å². The Kier molecular flexibility index (Phi) is 3.62. The van der Waals surface area contributed by atoms with Gasteiger partial charge in [0.1, 0.15) is 5.82 Å². The number of pyridine rings is 1. The lowest BCUT2D eigenvalue weighted by atomic mass is 9.73. The number of nitrogens with zero attached hydrogens (tertiary/aromatic N) is 4. The molecule has 3 heterocycles. The van der Waals surface area contributed by atoms with Crippen LogP contribution in [0.4, 0.5) is 5.69 Å². The Morgan fingerprint density at radius 3 is 2.67 bits per heavy atom. The highest BCUT2D eigenvalue weighted by atomic mass is 14.9. The molecule has 0 N–H and O–H groups in total. The summed E-state index contributed by atoms with van der Waals surface area (Å²) in [7, 11) is 0. The number of rotatable bonds is 3. The second kappa shape index (κ2) is 5.82. The third-order valence-electron chi connectivity index (χ3n) is 6.98. The lowest BCUT2D eigenvalue weighted by Gasteiger charge is -2.29. The van der Waals surface area contributed by atoms with E-state index in [0.29, 0.717) is 11.8 Å². The summed E-state index contributed by atoms with van der Waals surface area (Å²) in [6.45, 7) is 8.90. The lowest BCUT2D eigenvalue weighted by molar-refractivity contribution is 0.400. The number of aliphatic imine (C=N–C) groups is 1. The predicted molar refractivity (Wildman–Crippen MR) is 109 cm³/mol. The van der Waals surface area contributed by atoms with E-state index < -0.39 is 0 Å². The van der Waals surface area contributed by atoms with Gasteiger partial charge in [0.15, 0.2) is 0 Å². The summed E-state index contributed by atoms with van der Waals surface area (Å²) in [5.41, 5.74) is 7.67. The van der Waals surface area contributed by atoms with Gasteiger partial charge in [-0.15, -0.1) is 0 Å². The van der Waals surface area contributed by atoms with Crippen molar-refractivity contribution in [3.8, 4) is 0 Å². The van der Waals surface area contributed by atoms with Gasteiger partial charge in [0.2, 0.25) is 0 Å². The Labute approximate surface area is 160 Å². The van der Waals surface area contributed by atoms with Crippen LogP contribution < -0.4 is 0 Å². The molecule has 1 atom stereocenters. The zero-order chi connectivity index (χ0) is 18.8. The Bertz CT molecular complexity index is 997. The summed E-state index contributed by atoms with van der Waals surface area (Å²) in [5, 5.41) is 0. The zero-order valence-electron chi connectivity index (χ0n) is 16.6. The van der Waals surface area contributed by atoms with Gasteiger partial charge >= 0.3 is 0 Å². The molecule has 2 aliphatic carbocycles. The average molecular weight is 358 g/mol. The maximum atomic E-state index is 5.11. The molecular weight excluding hydrogens is 332 g/mol. The fourth-order valence-electron chi connectivity index (χ4n) is 4.46. The lowest BCUT2D eigenvalue weighted by Crippen LogP contribution is -2.34. The molecule has 0 aromatic carbocycles. The highest BCUT2D eigenvalue weighted by Gasteiger charge is 2.41. The summed E-state index contributed by atoms with van der Waals surface area (Å²) < 4.78 is 0. The molecule has 3 aliphatic rings. The third-order valence-corrected chi connectivity index (χ3v) is 6.98. The zero-order valence-corrected chi connectivity index (χ0v) is 16.6. The maximum Gasteiger partial charge on any atom is 0.131 e. The molecule has 27 heavy (non-hydrogen) atoms. The minimum absolute atomic E-state index is 0.0993. The molecule has 0 bridgehead atoms. The molecule has 2 aromatic heterocycles. The minimum atomic E-state index is -0.0993. The molecule has 0 spiro atoms. The first kappa shape index (κ1) is 16.8. The van der Waals surface area contributed by atoms with Gasteiger partial charge in [-0.3, -0.25) is 4.99 Å². The van der Waals surface area contributed by atoms with Gasteiger partial charge in [0, 0.05) is 35.4 Å². The molecule has 0 amide bonds. The van der Waals surface area contributed by atoms with Gasteiger partial charge in [-0.25, -0.2) is 15.0 Å². The normalized spacial score (nSPS) is 23.7. The van der Waals surface area contributed by atoms with E-state index in [1.54, 1.807) is 0 Å². The van der Waals surface area contributed by atoms with Crippen molar-refractivity contribution in [1.82, 2.24) is 15.0 Å². The van der Waals surface area contributed by atoms with Crippen molar-refractivity contribution < 1.29 is 0 Å². The van der Waals surface area contributed by atoms with Crippen molar-refractivity contribution in [2.24, 2.45) is 10.9 Å². The monoisotopic (exact) mass is 358 g/mol. The summed E-state index contributed by atoms with van der Waals surface area (Å²) in [5.74, 6) is 2.06. The van der Waals surface area contributed by atoms with Gasteiger partial charge in [-0.1, -0.05) is 26.3 Å². The molecule has 1 unspecified atom stereocenters. The molecule has 0 radical (unpaired) electrons. The predicted octanol–water partition coefficient (Wildman–Crippen LogP) is 5.15. The van der Waals surface area contributed by atoms with Crippen molar-refractivity contribution >= 4 is 17.0 Å². The second-order valence-electron chi connectivity index (χ2n) is 8.66. The van der Waals surface area contributed by atoms with E-state index in [1.807, 2.05) is 6.20 Å². The van der Waals surface area contributed by atoms with Crippen LogP contribution in [0.5, 0.6) is 0 Å². The molecule has 1 aliphatic heterocycles. The summed E-state index contributed by atoms with van der Waals surface area (Å²) in [6, 6.07) is 4.22. The fraction of sp³-hybridized carbons (Fsp3) is 0.478. The van der Waals surface area contributed by atoms with E-state index in [-0.39, 0.29) is 5.41 Å². The van der Waals surface area contributed by atoms with Crippen LogP contribution in [0.2, 0.25) is 0 Å². The first-order chi connectivity index (χ1) is 13.0. The molecule has 5 rings (SSSR count). The van der Waals surface area contributed by atoms with Crippen LogP contribution in [-0.4, -0.2) is 20.7 Å². The van der Waals surface area contributed by atoms with E-state index in [0.717, 1.165) is 46.3 Å². The van der Waals surface area contributed by atoms with Crippen molar-refractivity contribution in [2.75, 3.05) is 0 Å². The second-order valence-corrected chi connectivity index (χ2v) is 8.66. The largest absolute Gasteiger partial charge is 0.255 e. The van der Waals surface area contributed by atoms with Crippen LogP contribution >= 0.6 is 0 Å². The first-order valence-corrected chi connectivity index (χ1v) is 10.1. The Morgan fingerprint density at radius 2 is 1.96 bits per heavy atom. The fourth-order valence-corrected chi connectivity index (χ4v) is 4.46. The highest BCUT2D eigenvalue weighted by molar-refractivity contribution is 5.99. The van der Waals surface area contributed by atoms with Gasteiger partial charge < -0.3 is 0 Å². The van der Waals surface area contributed by atoms with Crippen molar-refractivity contribution in [2.45, 2.75) is 64.7 Å². The van der Waals surface area contributed by atoms with Crippen molar-refractivity contribution in [3.05, 3.63) is 52.9 Å². The first-order valence-electron chi connectivity index (χ1n) is 10.1. The number of allylic oxidation sites excluding steroid dienone is 1. The number of hydrogen-bond acceptors (Lipinski definition) is 4. The molecule has 4 nitrogen and oxygen atoms in total. The molecular formula is C23H26N4. The minimum Gasteiger partial charge on any atom is -0.255 e. The Hall–Kier alpha value is -2.36. The maximum absolute atomic E-state index is 5.11. The van der Waals surface area contributed by atoms with Gasteiger partial charge in [0.05, 0.1) is 28.2 Å². The molecule has 1 saturated carbocycles. The molecule has 0 saturated heterocycles. The molecule has 4 heteroatoms. The van der Waals surface area contributed by atoms with Crippen LogP contribution in [0, 0.1) is 5.92 Å². The van der Waals surface area contributed by atoms with E-state index in [9.17, 15) is 0 Å². The highest BCUT2D eigenvalue weighted by Crippen LogP contribution is 2.45. The summed E-state index contributed by atoms with van der Waals surface area (Å²) in [6.07, 6.45) is 8.94. The quantitative estimate of drug-likeness (QED) is 0.763. The standard InChI is InChI=1S/C23H26N4/c1-13(2)23(4)14(3)25-20-11-10-18(26-21(20)23)16-8-9-19-17(16)12-24-22(27-19)15-6-5-7-15/h8,10-13,15H,5-7,9H2,1-4H3. The Balaban J connectivity index is 1.53. The summed E-state index contributed by atoms with van der Waals surface area (Å²) in [4.78, 5) is 19.5. The van der Waals surface area contributed by atoms with Crippen molar-refractivity contribution in [3.63, 3.8) is 0 Å². The van der Waals surface area contributed by atoms with E-state index in [1.165, 1.54) is 24.8 Å². The molecule has 138 valence electrons. The molecule has 1 fully saturated rings. The molecule has 2 aromatic rings. The smallest absolute Gasteiger partial charge is 0.131 e. The average Bonchev–Trinajstić information content (AvgIpc) is 3.13. The van der Waals surface area contributed by atoms with Crippen LogP contribution in [0.3, 0.4) is 0 Å². The van der Waals surface area contributed by atoms with Gasteiger partial charge in [0.25, 0.3) is 0 Å². The van der Waals surface area contributed by atoms with Crippen LogP contribution in [0.25, 0.3) is 5.57 Å². The SMILES string of the molecule is CC1=Nc2ccc(C3=CCc4nc(C5CCC5)ncc43)nc2C1(C)C(C)C. The summed E-state index contributed by atoms with van der Waals surface area (Å²) >= 11 is 0. The van der Waals surface area contributed by atoms with Crippen LogP contribution in [0.15, 0.2) is 29.4 Å². The van der Waals surface area contributed by atoms with E-state index in [2.05, 4.69) is 50.9 Å². The van der Waals surface area contributed by atoms with E-state index in [4.69, 9.17) is 15.0 Å². The number of fused-ring (bicyclic) bond motifs is 2. The van der Waals surface area contributed by atoms with Crippen molar-refractivity contribution in [1.29, 1.82) is 0 Å². The Morgan fingerprint density at radius 1 is 1.15 bits per heavy atom. The number of hydrogen-bond donors (Lipinski definition) is 0. The van der Waals surface area contributed by atoms with E-state index >= 15 is 0 Å². The van der Waals surface area contributed by atoms with Crippen LogP contribution in [-0.2, 0) is 11.8 Å². The van der Waals surface area contributed by atoms with Gasteiger partial charge in [-0.2, -0.15) is 0 Å². The topological polar surface area (TPSA) is 51.0 Å². The van der Waals surface area contributed by atoms with Crippen LogP contribution in [0.1, 0.15) is 81.3 Å². The number of aromatic nitrogens is 3. The third kappa shape index (κ3) is 2.35.